The number of fused-ring (bicyclic) bond motifs is 2. The molecule has 0 saturated carbocycles. The van der Waals surface area contributed by atoms with Gasteiger partial charge < -0.3 is 4.90 Å². The molecule has 1 aliphatic carbocycles. The van der Waals surface area contributed by atoms with Crippen LogP contribution in [-0.2, 0) is 19.0 Å². The molecule has 30 heavy (non-hydrogen) atoms. The van der Waals surface area contributed by atoms with Crippen molar-refractivity contribution >= 4 is 11.6 Å². The Morgan fingerprint density at radius 3 is 2.60 bits per heavy atom. The third-order valence-corrected chi connectivity index (χ3v) is 5.89. The molecule has 5 rings (SSSR count). The zero-order valence-electron chi connectivity index (χ0n) is 16.1. The summed E-state index contributed by atoms with van der Waals surface area (Å²) in [5.74, 6) is 0.626. The van der Waals surface area contributed by atoms with Crippen molar-refractivity contribution in [3.8, 4) is 0 Å². The summed E-state index contributed by atoms with van der Waals surface area (Å²) in [4.78, 5) is 17.7. The number of nitrogens with zero attached hydrogens (tertiary/aromatic N) is 6. The van der Waals surface area contributed by atoms with Crippen LogP contribution in [0.1, 0.15) is 58.3 Å². The zero-order valence-corrected chi connectivity index (χ0v) is 16.1. The molecule has 0 radical (unpaired) electrons. The molecule has 156 valence electrons. The predicted molar refractivity (Wildman–Crippen MR) is 99.9 cm³/mol. The van der Waals surface area contributed by atoms with Gasteiger partial charge in [0.1, 0.15) is 5.69 Å². The van der Waals surface area contributed by atoms with Gasteiger partial charge in [0.2, 0.25) is 0 Å². The van der Waals surface area contributed by atoms with Crippen LogP contribution in [0.4, 0.5) is 13.2 Å². The smallest absolute Gasteiger partial charge is 0.339 e. The zero-order chi connectivity index (χ0) is 20.9. The molecule has 4 heterocycles. The Kier molecular flexibility index (Phi) is 4.44. The molecule has 0 spiro atoms. The van der Waals surface area contributed by atoms with Crippen molar-refractivity contribution in [2.24, 2.45) is 0 Å². The molecule has 1 aliphatic heterocycles. The van der Waals surface area contributed by atoms with Gasteiger partial charge in [0.15, 0.2) is 11.5 Å². The lowest BCUT2D eigenvalue weighted by Gasteiger charge is -2.31. The number of halogens is 3. The molecule has 1 fully saturated rings. The van der Waals surface area contributed by atoms with Crippen molar-refractivity contribution in [2.75, 3.05) is 13.1 Å². The maximum Gasteiger partial charge on any atom is 0.433 e. The third-order valence-electron chi connectivity index (χ3n) is 5.89. The quantitative estimate of drug-likeness (QED) is 0.642. The summed E-state index contributed by atoms with van der Waals surface area (Å²) in [6, 6.07) is 4.08. The highest BCUT2D eigenvalue weighted by Gasteiger charge is 2.33. The van der Waals surface area contributed by atoms with Gasteiger partial charge in [-0.2, -0.15) is 22.8 Å². The standard InChI is InChI=1S/C20H19F3N6O/c21-20(22,23)16-5-4-14(11-24-16)19(30)28-8-6-12(7-9-28)18-26-25-17-10-13-2-1-3-15(13)27-29(17)18/h4-5,10-12H,1-3,6-9H2. The highest BCUT2D eigenvalue weighted by atomic mass is 19.4. The van der Waals surface area contributed by atoms with E-state index in [1.165, 1.54) is 11.6 Å². The van der Waals surface area contributed by atoms with Crippen LogP contribution < -0.4 is 0 Å². The molecule has 3 aromatic heterocycles. The van der Waals surface area contributed by atoms with E-state index in [2.05, 4.69) is 21.2 Å². The number of rotatable bonds is 2. The molecule has 10 heteroatoms. The molecule has 0 N–H and O–H groups in total. The van der Waals surface area contributed by atoms with E-state index in [4.69, 9.17) is 5.10 Å². The maximum atomic E-state index is 12.7. The first kappa shape index (κ1) is 19.0. The van der Waals surface area contributed by atoms with E-state index in [9.17, 15) is 18.0 Å². The molecule has 0 aromatic carbocycles. The number of hydrogen-bond donors (Lipinski definition) is 0. The lowest BCUT2D eigenvalue weighted by molar-refractivity contribution is -0.141. The monoisotopic (exact) mass is 416 g/mol. The van der Waals surface area contributed by atoms with Crippen LogP contribution in [0.15, 0.2) is 24.4 Å². The van der Waals surface area contributed by atoms with Crippen molar-refractivity contribution < 1.29 is 18.0 Å². The van der Waals surface area contributed by atoms with E-state index in [-0.39, 0.29) is 17.4 Å². The largest absolute Gasteiger partial charge is 0.433 e. The van der Waals surface area contributed by atoms with Crippen LogP contribution in [0.25, 0.3) is 5.65 Å². The minimum atomic E-state index is -4.52. The number of alkyl halides is 3. The maximum absolute atomic E-state index is 12.7. The Morgan fingerprint density at radius 1 is 1.10 bits per heavy atom. The molecule has 3 aromatic rings. The van der Waals surface area contributed by atoms with Gasteiger partial charge in [0.25, 0.3) is 5.91 Å². The number of piperidine rings is 1. The molecule has 1 saturated heterocycles. The molecular formula is C20H19F3N6O. The fraction of sp³-hybridized carbons (Fsp3) is 0.450. The lowest BCUT2D eigenvalue weighted by Crippen LogP contribution is -2.38. The molecular weight excluding hydrogens is 397 g/mol. The predicted octanol–water partition coefficient (Wildman–Crippen LogP) is 3.05. The van der Waals surface area contributed by atoms with Crippen LogP contribution in [0.3, 0.4) is 0 Å². The van der Waals surface area contributed by atoms with Gasteiger partial charge >= 0.3 is 6.18 Å². The number of carbonyl (C=O) groups excluding carboxylic acids is 1. The topological polar surface area (TPSA) is 76.3 Å². The average Bonchev–Trinajstić information content (AvgIpc) is 3.37. The number of aromatic nitrogens is 5. The van der Waals surface area contributed by atoms with Crippen molar-refractivity contribution in [1.29, 1.82) is 0 Å². The van der Waals surface area contributed by atoms with Crippen LogP contribution >= 0.6 is 0 Å². The summed E-state index contributed by atoms with van der Waals surface area (Å²) in [5.41, 5.74) is 2.25. The van der Waals surface area contributed by atoms with Gasteiger partial charge in [0.05, 0.1) is 11.3 Å². The summed E-state index contributed by atoms with van der Waals surface area (Å²) in [5, 5.41) is 13.4. The van der Waals surface area contributed by atoms with Crippen molar-refractivity contribution in [1.82, 2.24) is 29.7 Å². The second-order valence-corrected chi connectivity index (χ2v) is 7.79. The second kappa shape index (κ2) is 7.03. The first-order chi connectivity index (χ1) is 14.4. The third kappa shape index (κ3) is 3.29. The van der Waals surface area contributed by atoms with Crippen molar-refractivity contribution in [2.45, 2.75) is 44.2 Å². The van der Waals surface area contributed by atoms with E-state index >= 15 is 0 Å². The minimum absolute atomic E-state index is 0.127. The highest BCUT2D eigenvalue weighted by Crippen LogP contribution is 2.30. The highest BCUT2D eigenvalue weighted by molar-refractivity contribution is 5.94. The van der Waals surface area contributed by atoms with E-state index in [0.717, 1.165) is 48.7 Å². The summed E-state index contributed by atoms with van der Waals surface area (Å²) < 4.78 is 39.8. The van der Waals surface area contributed by atoms with Crippen molar-refractivity contribution in [3.05, 3.63) is 52.7 Å². The van der Waals surface area contributed by atoms with Crippen LogP contribution in [-0.4, -0.2) is 48.7 Å². The first-order valence-electron chi connectivity index (χ1n) is 9.97. The molecule has 0 unspecified atom stereocenters. The number of amides is 1. The minimum Gasteiger partial charge on any atom is -0.339 e. The van der Waals surface area contributed by atoms with Crippen LogP contribution in [0.5, 0.6) is 0 Å². The second-order valence-electron chi connectivity index (χ2n) is 7.79. The van der Waals surface area contributed by atoms with Gasteiger partial charge in [-0.05, 0) is 55.9 Å². The average molecular weight is 416 g/mol. The number of hydrogen-bond acceptors (Lipinski definition) is 5. The van der Waals surface area contributed by atoms with Crippen molar-refractivity contribution in [3.63, 3.8) is 0 Å². The molecule has 2 aliphatic rings. The normalized spacial score (nSPS) is 17.5. The molecule has 0 bridgehead atoms. The van der Waals surface area contributed by atoms with E-state index in [1.54, 1.807) is 4.90 Å². The summed E-state index contributed by atoms with van der Waals surface area (Å²) in [6.45, 7) is 0.981. The number of carbonyl (C=O) groups is 1. The summed E-state index contributed by atoms with van der Waals surface area (Å²) >= 11 is 0. The van der Waals surface area contributed by atoms with Gasteiger partial charge in [-0.3, -0.25) is 9.78 Å². The number of pyridine rings is 1. The summed E-state index contributed by atoms with van der Waals surface area (Å²) in [7, 11) is 0. The van der Waals surface area contributed by atoms with Crippen LogP contribution in [0.2, 0.25) is 0 Å². The summed E-state index contributed by atoms with van der Waals surface area (Å²) in [6.07, 6.45) is 0.969. The lowest BCUT2D eigenvalue weighted by atomic mass is 9.95. The van der Waals surface area contributed by atoms with Gasteiger partial charge in [-0.15, -0.1) is 10.2 Å². The first-order valence-corrected chi connectivity index (χ1v) is 9.97. The SMILES string of the molecule is O=C(c1ccc(C(F)(F)F)nc1)N1CCC(c2nnc3cc4c(nn23)CCC4)CC1. The molecule has 7 nitrogen and oxygen atoms in total. The van der Waals surface area contributed by atoms with Gasteiger partial charge in [-0.25, -0.2) is 0 Å². The Morgan fingerprint density at radius 2 is 1.90 bits per heavy atom. The van der Waals surface area contributed by atoms with E-state index < -0.39 is 11.9 Å². The number of likely N-dealkylation sites (tertiary alicyclic amines) is 1. The Labute approximate surface area is 169 Å². The van der Waals surface area contributed by atoms with E-state index in [1.807, 2.05) is 4.52 Å². The van der Waals surface area contributed by atoms with E-state index in [0.29, 0.717) is 25.9 Å². The van der Waals surface area contributed by atoms with Gasteiger partial charge in [-0.1, -0.05) is 0 Å². The molecule has 0 atom stereocenters. The molecule has 1 amide bonds. The Hall–Kier alpha value is -3.04. The van der Waals surface area contributed by atoms with Gasteiger partial charge in [0, 0.05) is 25.2 Å². The fourth-order valence-corrected chi connectivity index (χ4v) is 4.26. The fourth-order valence-electron chi connectivity index (χ4n) is 4.26. The Bertz CT molecular complexity index is 1100. The number of aryl methyl sites for hydroxylation is 2. The van der Waals surface area contributed by atoms with Crippen LogP contribution in [0, 0.1) is 0 Å². The Balaban J connectivity index is 1.28.